The van der Waals surface area contributed by atoms with E-state index in [0.29, 0.717) is 0 Å². The normalized spacial score (nSPS) is 12.2. The third kappa shape index (κ3) is 8.79. The van der Waals surface area contributed by atoms with Crippen molar-refractivity contribution in [2.75, 3.05) is 10.8 Å². The minimum atomic E-state index is -4.37. The van der Waals surface area contributed by atoms with Crippen LogP contribution in [0.5, 0.6) is 0 Å². The van der Waals surface area contributed by atoms with Crippen LogP contribution in [-0.2, 0) is 32.6 Å². The lowest BCUT2D eigenvalue weighted by molar-refractivity contribution is -0.384. The van der Waals surface area contributed by atoms with Crippen molar-refractivity contribution in [1.29, 1.82) is 0 Å². The van der Waals surface area contributed by atoms with Crippen molar-refractivity contribution < 1.29 is 22.9 Å². The summed E-state index contributed by atoms with van der Waals surface area (Å²) < 4.78 is 29.0. The Morgan fingerprint density at radius 2 is 1.46 bits per heavy atom. The number of hydrogen-bond donors (Lipinski definition) is 1. The van der Waals surface area contributed by atoms with Crippen LogP contribution in [0.15, 0.2) is 114 Å². The topological polar surface area (TPSA) is 130 Å². The number of nitrogens with one attached hydrogen (secondary N) is 1. The molecule has 0 heterocycles. The van der Waals surface area contributed by atoms with Crippen LogP contribution in [0.2, 0.25) is 0 Å². The van der Waals surface area contributed by atoms with Crippen LogP contribution >= 0.6 is 0 Å². The first-order valence-corrected chi connectivity index (χ1v) is 16.2. The van der Waals surface area contributed by atoms with Gasteiger partial charge in [-0.3, -0.25) is 24.0 Å². The maximum absolute atomic E-state index is 14.5. The van der Waals surface area contributed by atoms with Gasteiger partial charge in [0.15, 0.2) is 0 Å². The summed E-state index contributed by atoms with van der Waals surface area (Å²) in [6.45, 7) is 6.76. The molecule has 0 aliphatic heterocycles. The molecule has 0 fully saturated rings. The highest BCUT2D eigenvalue weighted by Crippen LogP contribution is 2.28. The number of nitrogens with zero attached hydrogens (tertiary/aromatic N) is 3. The van der Waals surface area contributed by atoms with Crippen LogP contribution in [0.4, 0.5) is 11.4 Å². The highest BCUT2D eigenvalue weighted by Gasteiger charge is 2.36. The predicted molar refractivity (Wildman–Crippen MR) is 178 cm³/mol. The molecule has 4 rings (SSSR count). The van der Waals surface area contributed by atoms with Gasteiger partial charge in [0.25, 0.3) is 15.7 Å². The minimum absolute atomic E-state index is 0.0162. The van der Waals surface area contributed by atoms with Crippen LogP contribution in [0.1, 0.15) is 37.5 Å². The lowest BCUT2D eigenvalue weighted by Crippen LogP contribution is -2.56. The van der Waals surface area contributed by atoms with E-state index in [4.69, 9.17) is 0 Å². The molecule has 4 aromatic carbocycles. The number of nitro groups is 1. The van der Waals surface area contributed by atoms with E-state index in [-0.39, 0.29) is 29.2 Å². The standard InChI is InChI=1S/C35H38N4O6S/c1-26-18-20-28(21-19-26)24-37(32(34(41)36-35(2,3)4)22-27-12-7-5-8-13-27)33(40)25-38(29-14-11-15-30(23-29)39(42)43)46(44,45)31-16-9-6-10-17-31/h5-21,23,32H,22,24-25H2,1-4H3,(H,36,41). The van der Waals surface area contributed by atoms with E-state index in [1.54, 1.807) is 18.2 Å². The van der Waals surface area contributed by atoms with Gasteiger partial charge < -0.3 is 10.2 Å². The molecular formula is C35H38N4O6S. The summed E-state index contributed by atoms with van der Waals surface area (Å²) >= 11 is 0. The largest absolute Gasteiger partial charge is 0.350 e. The number of carbonyl (C=O) groups is 2. The van der Waals surface area contributed by atoms with Crippen molar-refractivity contribution in [3.63, 3.8) is 0 Å². The highest BCUT2D eigenvalue weighted by molar-refractivity contribution is 7.92. The number of anilines is 1. The number of benzene rings is 4. The molecule has 0 aromatic heterocycles. The Morgan fingerprint density at radius 3 is 2.04 bits per heavy atom. The van der Waals surface area contributed by atoms with Gasteiger partial charge in [-0.1, -0.05) is 84.4 Å². The first-order valence-electron chi connectivity index (χ1n) is 14.8. The first kappa shape index (κ1) is 33.9. The molecule has 4 aromatic rings. The summed E-state index contributed by atoms with van der Waals surface area (Å²) in [7, 11) is -4.37. The molecule has 240 valence electrons. The van der Waals surface area contributed by atoms with Gasteiger partial charge in [-0.15, -0.1) is 0 Å². The molecule has 46 heavy (non-hydrogen) atoms. The SMILES string of the molecule is Cc1ccc(CN(C(=O)CN(c2cccc([N+](=O)[O-])c2)S(=O)(=O)c2ccccc2)C(Cc2ccccc2)C(=O)NC(C)(C)C)cc1. The number of nitro benzene ring substituents is 1. The minimum Gasteiger partial charge on any atom is -0.350 e. The molecule has 0 radical (unpaired) electrons. The van der Waals surface area contributed by atoms with Crippen LogP contribution in [-0.4, -0.2) is 48.2 Å². The van der Waals surface area contributed by atoms with Crippen molar-refractivity contribution >= 4 is 33.2 Å². The fraction of sp³-hybridized carbons (Fsp3) is 0.257. The third-order valence-electron chi connectivity index (χ3n) is 7.18. The summed E-state index contributed by atoms with van der Waals surface area (Å²) in [5.41, 5.74) is 1.57. The average molecular weight is 643 g/mol. The number of aryl methyl sites for hydroxylation is 1. The van der Waals surface area contributed by atoms with E-state index >= 15 is 0 Å². The Bertz CT molecular complexity index is 1770. The summed E-state index contributed by atoms with van der Waals surface area (Å²) in [5, 5.41) is 14.6. The monoisotopic (exact) mass is 642 g/mol. The van der Waals surface area contributed by atoms with Crippen molar-refractivity contribution in [2.45, 2.75) is 57.1 Å². The van der Waals surface area contributed by atoms with Gasteiger partial charge in [0.2, 0.25) is 11.8 Å². The number of non-ortho nitro benzene ring substituents is 1. The second-order valence-corrected chi connectivity index (χ2v) is 13.9. The molecule has 0 aliphatic rings. The molecule has 1 N–H and O–H groups in total. The number of hydrogen-bond acceptors (Lipinski definition) is 6. The highest BCUT2D eigenvalue weighted by atomic mass is 32.2. The van der Waals surface area contributed by atoms with Gasteiger partial charge in [-0.2, -0.15) is 0 Å². The maximum atomic E-state index is 14.5. The average Bonchev–Trinajstić information content (AvgIpc) is 3.02. The molecule has 0 saturated heterocycles. The van der Waals surface area contributed by atoms with Gasteiger partial charge in [-0.05, 0) is 57.0 Å². The van der Waals surface area contributed by atoms with E-state index in [0.717, 1.165) is 27.1 Å². The molecule has 0 aliphatic carbocycles. The van der Waals surface area contributed by atoms with Crippen molar-refractivity contribution in [3.05, 3.63) is 136 Å². The zero-order chi connectivity index (χ0) is 33.5. The first-order chi connectivity index (χ1) is 21.7. The van der Waals surface area contributed by atoms with Gasteiger partial charge in [0.1, 0.15) is 12.6 Å². The Balaban J connectivity index is 1.84. The van der Waals surface area contributed by atoms with Gasteiger partial charge in [0, 0.05) is 30.6 Å². The zero-order valence-corrected chi connectivity index (χ0v) is 27.1. The molecule has 1 atom stereocenters. The van der Waals surface area contributed by atoms with Crippen molar-refractivity contribution in [2.24, 2.45) is 0 Å². The fourth-order valence-corrected chi connectivity index (χ4v) is 6.33. The molecule has 0 bridgehead atoms. The van der Waals surface area contributed by atoms with Crippen molar-refractivity contribution in [3.8, 4) is 0 Å². The number of amides is 2. The van der Waals surface area contributed by atoms with Crippen LogP contribution in [0.3, 0.4) is 0 Å². The van der Waals surface area contributed by atoms with E-state index in [1.807, 2.05) is 82.3 Å². The van der Waals surface area contributed by atoms with E-state index in [9.17, 15) is 28.1 Å². The summed E-state index contributed by atoms with van der Waals surface area (Å²) in [5.74, 6) is -1.05. The van der Waals surface area contributed by atoms with E-state index < -0.39 is 44.9 Å². The zero-order valence-electron chi connectivity index (χ0n) is 26.3. The van der Waals surface area contributed by atoms with Crippen LogP contribution in [0.25, 0.3) is 0 Å². The Hall–Kier alpha value is -5.03. The summed E-state index contributed by atoms with van der Waals surface area (Å²) in [6, 6.07) is 28.4. The second-order valence-electron chi connectivity index (χ2n) is 12.1. The fourth-order valence-electron chi connectivity index (χ4n) is 4.91. The Kier molecular flexibility index (Phi) is 10.6. The Morgan fingerprint density at radius 1 is 0.848 bits per heavy atom. The number of rotatable bonds is 12. The van der Waals surface area contributed by atoms with E-state index in [2.05, 4.69) is 5.32 Å². The molecule has 0 spiro atoms. The van der Waals surface area contributed by atoms with Gasteiger partial charge >= 0.3 is 0 Å². The molecule has 1 unspecified atom stereocenters. The number of carbonyl (C=O) groups excluding carboxylic acids is 2. The lowest BCUT2D eigenvalue weighted by atomic mass is 10.0. The molecule has 11 heteroatoms. The van der Waals surface area contributed by atoms with Crippen LogP contribution < -0.4 is 9.62 Å². The molecular weight excluding hydrogens is 604 g/mol. The van der Waals surface area contributed by atoms with Gasteiger partial charge in [-0.25, -0.2) is 8.42 Å². The van der Waals surface area contributed by atoms with E-state index in [1.165, 1.54) is 35.2 Å². The Labute approximate surface area is 269 Å². The van der Waals surface area contributed by atoms with Crippen LogP contribution in [0, 0.1) is 17.0 Å². The quantitative estimate of drug-likeness (QED) is 0.157. The smallest absolute Gasteiger partial charge is 0.271 e. The summed E-state index contributed by atoms with van der Waals surface area (Å²) in [4.78, 5) is 40.7. The molecule has 0 saturated carbocycles. The van der Waals surface area contributed by atoms with Gasteiger partial charge in [0.05, 0.1) is 15.5 Å². The summed E-state index contributed by atoms with van der Waals surface area (Å²) in [6.07, 6.45) is 0.169. The van der Waals surface area contributed by atoms with Crippen molar-refractivity contribution in [1.82, 2.24) is 10.2 Å². The lowest BCUT2D eigenvalue weighted by Gasteiger charge is -2.35. The third-order valence-corrected chi connectivity index (χ3v) is 8.97. The second kappa shape index (κ2) is 14.4. The molecule has 10 nitrogen and oxygen atoms in total. The predicted octanol–water partition coefficient (Wildman–Crippen LogP) is 5.65. The maximum Gasteiger partial charge on any atom is 0.271 e. The molecule has 2 amide bonds. The number of sulfonamides is 1.